The van der Waals surface area contributed by atoms with Gasteiger partial charge in [0.15, 0.2) is 11.5 Å². The van der Waals surface area contributed by atoms with Gasteiger partial charge in [-0.25, -0.2) is 9.37 Å². The molecule has 5 N–H and O–H groups in total. The van der Waals surface area contributed by atoms with Gasteiger partial charge in [0.2, 0.25) is 11.6 Å². The molecule has 11 heteroatoms. The van der Waals surface area contributed by atoms with Gasteiger partial charge in [-0.2, -0.15) is 0 Å². The summed E-state index contributed by atoms with van der Waals surface area (Å²) in [7, 11) is 0. The third-order valence-electron chi connectivity index (χ3n) is 4.25. The number of fused-ring (bicyclic) bond motifs is 1. The highest BCUT2D eigenvalue weighted by Gasteiger charge is 2.21. The van der Waals surface area contributed by atoms with E-state index in [1.165, 1.54) is 18.2 Å². The molecular weight excluding hydrogens is 393 g/mol. The van der Waals surface area contributed by atoms with Crippen LogP contribution in [-0.2, 0) is 6.54 Å². The molecule has 0 saturated carbocycles. The number of anilines is 1. The topological polar surface area (TPSA) is 163 Å². The first-order valence-corrected chi connectivity index (χ1v) is 8.65. The van der Waals surface area contributed by atoms with Crippen LogP contribution in [-0.4, -0.2) is 32.2 Å². The van der Waals surface area contributed by atoms with E-state index in [0.717, 1.165) is 0 Å². The lowest BCUT2D eigenvalue weighted by molar-refractivity contribution is 0.0989. The molecule has 0 saturated heterocycles. The Morgan fingerprint density at radius 3 is 2.60 bits per heavy atom. The maximum Gasteiger partial charge on any atom is 0.273 e. The fourth-order valence-electron chi connectivity index (χ4n) is 2.87. The molecule has 2 amide bonds. The van der Waals surface area contributed by atoms with Crippen molar-refractivity contribution in [1.29, 1.82) is 0 Å². The standard InChI is InChI=1S/C19H14FN7O3/c20-10-4-1-3-9(7-10)8-23-18-14(17(22)29)25-26-19(24-18)15-11-5-2-6-12(16(21)28)13(11)27-30-15/h1-7H,8H2,(H2,21,28)(H2,22,29)(H,23,24,26). The number of aromatic nitrogens is 4. The molecular formula is C19H14FN7O3. The molecule has 0 spiro atoms. The number of nitrogens with zero attached hydrogens (tertiary/aromatic N) is 4. The van der Waals surface area contributed by atoms with E-state index in [1.54, 1.807) is 24.3 Å². The first-order chi connectivity index (χ1) is 14.4. The van der Waals surface area contributed by atoms with Crippen molar-refractivity contribution in [3.63, 3.8) is 0 Å². The number of hydrogen-bond donors (Lipinski definition) is 3. The summed E-state index contributed by atoms with van der Waals surface area (Å²) in [5, 5.41) is 14.9. The first kappa shape index (κ1) is 18.9. The molecule has 30 heavy (non-hydrogen) atoms. The van der Waals surface area contributed by atoms with Crippen molar-refractivity contribution in [1.82, 2.24) is 20.3 Å². The number of rotatable bonds is 6. The largest absolute Gasteiger partial charge is 0.366 e. The third kappa shape index (κ3) is 3.51. The number of halogens is 1. The Bertz CT molecular complexity index is 1290. The zero-order valence-electron chi connectivity index (χ0n) is 15.3. The van der Waals surface area contributed by atoms with E-state index < -0.39 is 17.6 Å². The smallest absolute Gasteiger partial charge is 0.273 e. The Balaban J connectivity index is 1.74. The third-order valence-corrected chi connectivity index (χ3v) is 4.25. The molecule has 0 radical (unpaired) electrons. The average molecular weight is 407 g/mol. The average Bonchev–Trinajstić information content (AvgIpc) is 3.16. The van der Waals surface area contributed by atoms with Crippen LogP contribution in [0, 0.1) is 5.82 Å². The molecule has 2 heterocycles. The summed E-state index contributed by atoms with van der Waals surface area (Å²) in [6, 6.07) is 10.7. The molecule has 150 valence electrons. The predicted octanol–water partition coefficient (Wildman–Crippen LogP) is 1.63. The molecule has 0 aliphatic heterocycles. The molecule has 0 fully saturated rings. The monoisotopic (exact) mass is 407 g/mol. The summed E-state index contributed by atoms with van der Waals surface area (Å²) in [4.78, 5) is 27.6. The van der Waals surface area contributed by atoms with E-state index in [1.807, 2.05) is 0 Å². The highest BCUT2D eigenvalue weighted by molar-refractivity contribution is 6.07. The van der Waals surface area contributed by atoms with Gasteiger partial charge in [0.25, 0.3) is 11.8 Å². The van der Waals surface area contributed by atoms with Gasteiger partial charge < -0.3 is 21.3 Å². The van der Waals surface area contributed by atoms with Crippen LogP contribution in [0.5, 0.6) is 0 Å². The maximum absolute atomic E-state index is 13.4. The Kier molecular flexibility index (Phi) is 4.76. The quantitative estimate of drug-likeness (QED) is 0.434. The second kappa shape index (κ2) is 7.54. The molecule has 0 aliphatic carbocycles. The van der Waals surface area contributed by atoms with Gasteiger partial charge >= 0.3 is 0 Å². The summed E-state index contributed by atoms with van der Waals surface area (Å²) in [5.41, 5.74) is 11.5. The number of benzene rings is 2. The van der Waals surface area contributed by atoms with Gasteiger partial charge in [-0.3, -0.25) is 9.59 Å². The lowest BCUT2D eigenvalue weighted by Gasteiger charge is -2.09. The molecule has 2 aromatic carbocycles. The number of amides is 2. The summed E-state index contributed by atoms with van der Waals surface area (Å²) < 4.78 is 18.7. The van der Waals surface area contributed by atoms with Crippen LogP contribution >= 0.6 is 0 Å². The summed E-state index contributed by atoms with van der Waals surface area (Å²) in [6.45, 7) is 0.152. The molecule has 0 atom stereocenters. The van der Waals surface area contributed by atoms with E-state index in [4.69, 9.17) is 16.0 Å². The molecule has 4 rings (SSSR count). The number of primary amides is 2. The molecule has 10 nitrogen and oxygen atoms in total. The van der Waals surface area contributed by atoms with Crippen molar-refractivity contribution in [2.45, 2.75) is 6.54 Å². The highest BCUT2D eigenvalue weighted by atomic mass is 19.1. The van der Waals surface area contributed by atoms with Crippen LogP contribution < -0.4 is 16.8 Å². The number of nitrogens with one attached hydrogen (secondary N) is 1. The lowest BCUT2D eigenvalue weighted by Crippen LogP contribution is -2.19. The van der Waals surface area contributed by atoms with E-state index in [9.17, 15) is 14.0 Å². The SMILES string of the molecule is NC(=O)c1nnc(-c2onc3c(C(N)=O)cccc23)nc1NCc1cccc(F)c1. The zero-order valence-corrected chi connectivity index (χ0v) is 15.3. The summed E-state index contributed by atoms with van der Waals surface area (Å²) in [6.07, 6.45) is 0. The van der Waals surface area contributed by atoms with Crippen LogP contribution in [0.1, 0.15) is 26.4 Å². The fraction of sp³-hybridized carbons (Fsp3) is 0.0526. The molecule has 0 unspecified atom stereocenters. The molecule has 4 aromatic rings. The summed E-state index contributed by atoms with van der Waals surface area (Å²) in [5.74, 6) is -1.74. The first-order valence-electron chi connectivity index (χ1n) is 8.65. The number of carbonyl (C=O) groups is 2. The second-order valence-corrected chi connectivity index (χ2v) is 6.26. The minimum atomic E-state index is -0.846. The second-order valence-electron chi connectivity index (χ2n) is 6.26. The van der Waals surface area contributed by atoms with Gasteiger partial charge in [0.1, 0.15) is 11.3 Å². The van der Waals surface area contributed by atoms with E-state index in [-0.39, 0.29) is 40.7 Å². The van der Waals surface area contributed by atoms with Crippen LogP contribution in [0.25, 0.3) is 22.5 Å². The molecule has 0 bridgehead atoms. The van der Waals surface area contributed by atoms with Gasteiger partial charge in [-0.05, 0) is 29.8 Å². The van der Waals surface area contributed by atoms with Crippen molar-refractivity contribution in [2.75, 3.05) is 5.32 Å². The van der Waals surface area contributed by atoms with Crippen LogP contribution in [0.15, 0.2) is 47.0 Å². The minimum Gasteiger partial charge on any atom is -0.366 e. The summed E-state index contributed by atoms with van der Waals surface area (Å²) >= 11 is 0. The highest BCUT2D eigenvalue weighted by Crippen LogP contribution is 2.28. The Labute approximate surface area is 168 Å². The number of nitrogens with two attached hydrogens (primary N) is 2. The molecule has 0 aliphatic rings. The Morgan fingerprint density at radius 2 is 1.87 bits per heavy atom. The van der Waals surface area contributed by atoms with Gasteiger partial charge in [-0.15, -0.1) is 10.2 Å². The van der Waals surface area contributed by atoms with E-state index in [2.05, 4.69) is 25.7 Å². The van der Waals surface area contributed by atoms with Gasteiger partial charge in [0, 0.05) is 6.54 Å². The molecule has 2 aromatic heterocycles. The predicted molar refractivity (Wildman–Crippen MR) is 104 cm³/mol. The fourth-order valence-corrected chi connectivity index (χ4v) is 2.87. The van der Waals surface area contributed by atoms with Crippen molar-refractivity contribution < 1.29 is 18.5 Å². The Morgan fingerprint density at radius 1 is 1.07 bits per heavy atom. The van der Waals surface area contributed by atoms with E-state index in [0.29, 0.717) is 10.9 Å². The maximum atomic E-state index is 13.4. The number of hydrogen-bond acceptors (Lipinski definition) is 8. The van der Waals surface area contributed by atoms with Crippen LogP contribution in [0.2, 0.25) is 0 Å². The van der Waals surface area contributed by atoms with Crippen molar-refractivity contribution in [3.8, 4) is 11.6 Å². The van der Waals surface area contributed by atoms with Crippen LogP contribution in [0.3, 0.4) is 0 Å². The number of carbonyl (C=O) groups excluding carboxylic acids is 2. The van der Waals surface area contributed by atoms with Crippen molar-refractivity contribution in [2.24, 2.45) is 11.5 Å². The zero-order chi connectivity index (χ0) is 21.3. The van der Waals surface area contributed by atoms with Crippen molar-refractivity contribution >= 4 is 28.5 Å². The van der Waals surface area contributed by atoms with Crippen molar-refractivity contribution in [3.05, 3.63) is 65.1 Å². The lowest BCUT2D eigenvalue weighted by atomic mass is 10.1. The van der Waals surface area contributed by atoms with E-state index >= 15 is 0 Å². The normalized spacial score (nSPS) is 10.8. The van der Waals surface area contributed by atoms with Gasteiger partial charge in [0.05, 0.1) is 10.9 Å². The Hall–Kier alpha value is -4.41. The minimum absolute atomic E-state index is 0.00543. The van der Waals surface area contributed by atoms with Crippen LogP contribution in [0.4, 0.5) is 10.2 Å². The van der Waals surface area contributed by atoms with Gasteiger partial charge in [-0.1, -0.05) is 23.4 Å².